The van der Waals surface area contributed by atoms with Crippen molar-refractivity contribution in [2.24, 2.45) is 9.98 Å². The van der Waals surface area contributed by atoms with Gasteiger partial charge in [0.1, 0.15) is 5.75 Å². The number of para-hydroxylation sites is 1. The van der Waals surface area contributed by atoms with Crippen LogP contribution in [0.2, 0.25) is 0 Å². The number of ether oxygens (including phenoxy) is 1. The maximum absolute atomic E-state index is 6.69. The Morgan fingerprint density at radius 1 is 0.613 bits per heavy atom. The van der Waals surface area contributed by atoms with Gasteiger partial charge in [-0.15, -0.1) is 6.21 Å². The summed E-state index contributed by atoms with van der Waals surface area (Å²) in [7, 11) is 0. The van der Waals surface area contributed by atoms with Crippen molar-refractivity contribution in [1.82, 2.24) is 4.98 Å². The minimum Gasteiger partial charge on any atom is -0.492 e. The van der Waals surface area contributed by atoms with Gasteiger partial charge in [0.25, 0.3) is 0 Å². The average molecular weight is 878 g/mol. The van der Waals surface area contributed by atoms with E-state index in [1.165, 1.54) is 115 Å². The van der Waals surface area contributed by atoms with Crippen LogP contribution < -0.4 is 4.74 Å². The standard InChI is InChI=1S/C45H60N2O.C12H16N.Co/c1-3-4-5-6-7-8-9-10-11-12-13-14-15-16-17-18-19-26-34-48-45-43(39-28-22-20-23-29-39)35-42(36-44(45)40-30-24-21-25-31-40)47-38(2)41-32-27-33-46-37-41;1-5-13-11-9-7-6-8-10(11)12(2,3)4;/h20-25,27-33,35-37H,3-19,26,34H2,1-2H3;5-9H,1H2,2-4H3;/q;-1;. The molecular weight excluding hydrogens is 802 g/mol. The van der Waals surface area contributed by atoms with Crippen molar-refractivity contribution in [2.75, 3.05) is 6.61 Å². The Morgan fingerprint density at radius 2 is 1.08 bits per heavy atom. The number of aliphatic imine (C=N–C) groups is 2. The van der Waals surface area contributed by atoms with Gasteiger partial charge in [-0.05, 0) is 59.7 Å². The molecule has 0 aliphatic carbocycles. The van der Waals surface area contributed by atoms with Crippen LogP contribution >= 0.6 is 0 Å². The molecule has 0 saturated heterocycles. The molecule has 4 aromatic carbocycles. The zero-order valence-corrected chi connectivity index (χ0v) is 39.9. The minimum atomic E-state index is 0. The number of hydrogen-bond acceptors (Lipinski definition) is 4. The van der Waals surface area contributed by atoms with E-state index < -0.39 is 0 Å². The molecule has 0 saturated carbocycles. The van der Waals surface area contributed by atoms with Crippen LogP contribution in [0.3, 0.4) is 0 Å². The first-order valence-corrected chi connectivity index (χ1v) is 23.6. The second-order valence-corrected chi connectivity index (χ2v) is 17.5. The molecule has 5 rings (SSSR count). The van der Waals surface area contributed by atoms with Gasteiger partial charge in [0.2, 0.25) is 0 Å². The van der Waals surface area contributed by atoms with Crippen LogP contribution in [0.1, 0.15) is 161 Å². The molecule has 0 atom stereocenters. The first-order chi connectivity index (χ1) is 29.8. The number of pyridine rings is 1. The molecule has 0 fully saturated rings. The zero-order chi connectivity index (χ0) is 43.4. The fourth-order valence-electron chi connectivity index (χ4n) is 7.83. The van der Waals surface area contributed by atoms with E-state index in [0.29, 0.717) is 0 Å². The Balaban J connectivity index is 0.000000625. The monoisotopic (exact) mass is 878 g/mol. The quantitative estimate of drug-likeness (QED) is 0.0333. The second-order valence-electron chi connectivity index (χ2n) is 17.5. The van der Waals surface area contributed by atoms with Gasteiger partial charge in [-0.1, -0.05) is 222 Å². The number of aromatic nitrogens is 1. The predicted molar refractivity (Wildman–Crippen MR) is 266 cm³/mol. The molecule has 335 valence electrons. The second kappa shape index (κ2) is 30.6. The van der Waals surface area contributed by atoms with Gasteiger partial charge in [-0.25, -0.2) is 0 Å². The molecule has 0 amide bonds. The van der Waals surface area contributed by atoms with Gasteiger partial charge in [0.05, 0.1) is 18.0 Å². The number of unbranched alkanes of at least 4 members (excludes halogenated alkanes) is 17. The van der Waals surface area contributed by atoms with E-state index in [2.05, 4.69) is 130 Å². The normalized spacial score (nSPS) is 11.5. The molecule has 62 heavy (non-hydrogen) atoms. The number of benzene rings is 4. The van der Waals surface area contributed by atoms with Crippen molar-refractivity contribution in [3.63, 3.8) is 0 Å². The Kier molecular flexibility index (Phi) is 25.6. The Hall–Kier alpha value is -4.45. The van der Waals surface area contributed by atoms with Crippen molar-refractivity contribution in [3.05, 3.63) is 140 Å². The predicted octanol–water partition coefficient (Wildman–Crippen LogP) is 17.5. The Morgan fingerprint density at radius 3 is 1.53 bits per heavy atom. The maximum atomic E-state index is 6.69. The van der Waals surface area contributed by atoms with Crippen LogP contribution in [0.15, 0.2) is 132 Å². The van der Waals surface area contributed by atoms with Crippen LogP contribution in [0.5, 0.6) is 5.75 Å². The van der Waals surface area contributed by atoms with Crippen molar-refractivity contribution in [1.29, 1.82) is 0 Å². The van der Waals surface area contributed by atoms with Gasteiger partial charge in [0.15, 0.2) is 0 Å². The SMILES string of the molecule is CCCCCCCCCCCCCCCCCCCCOc1c(-c2ccccc2)cc(N=C(C)c2cccnc2)cc1-c1ccccc1.[CH2-]C=Nc1ccccc1C(C)(C)C.[Co]. The molecule has 0 aliphatic heterocycles. The van der Waals surface area contributed by atoms with E-state index in [1.54, 1.807) is 12.4 Å². The molecule has 5 heteroatoms. The van der Waals surface area contributed by atoms with E-state index in [4.69, 9.17) is 9.73 Å². The summed E-state index contributed by atoms with van der Waals surface area (Å²) in [6.07, 6.45) is 30.1. The average Bonchev–Trinajstić information content (AvgIpc) is 3.28. The molecule has 1 aromatic heterocycles. The van der Waals surface area contributed by atoms with Gasteiger partial charge < -0.3 is 11.7 Å². The summed E-state index contributed by atoms with van der Waals surface area (Å²) >= 11 is 0. The summed E-state index contributed by atoms with van der Waals surface area (Å²) in [4.78, 5) is 13.6. The summed E-state index contributed by atoms with van der Waals surface area (Å²) < 4.78 is 6.69. The van der Waals surface area contributed by atoms with Gasteiger partial charge in [-0.3, -0.25) is 15.0 Å². The topological polar surface area (TPSA) is 46.8 Å². The van der Waals surface area contributed by atoms with Crippen LogP contribution in [0, 0.1) is 6.92 Å². The third-order valence-corrected chi connectivity index (χ3v) is 11.3. The minimum absolute atomic E-state index is 0. The third kappa shape index (κ3) is 19.3. The molecule has 0 bridgehead atoms. The number of nitrogens with zero attached hydrogens (tertiary/aromatic N) is 3. The van der Waals surface area contributed by atoms with E-state index in [-0.39, 0.29) is 22.2 Å². The summed E-state index contributed by atoms with van der Waals surface area (Å²) in [5, 5.41) is 0. The first kappa shape index (κ1) is 51.9. The van der Waals surface area contributed by atoms with E-state index in [9.17, 15) is 0 Å². The Labute approximate surface area is 387 Å². The van der Waals surface area contributed by atoms with E-state index in [0.717, 1.165) is 63.7 Å². The van der Waals surface area contributed by atoms with Crippen LogP contribution in [0.4, 0.5) is 11.4 Å². The van der Waals surface area contributed by atoms with Crippen molar-refractivity contribution < 1.29 is 21.5 Å². The summed E-state index contributed by atoms with van der Waals surface area (Å²) in [6.45, 7) is 15.2. The van der Waals surface area contributed by atoms with Crippen LogP contribution in [0.25, 0.3) is 22.3 Å². The molecular formula is C57H76CoN3O-. The maximum Gasteiger partial charge on any atom is 0.135 e. The first-order valence-electron chi connectivity index (χ1n) is 23.6. The largest absolute Gasteiger partial charge is 0.492 e. The van der Waals surface area contributed by atoms with Crippen molar-refractivity contribution in [2.45, 2.75) is 156 Å². The van der Waals surface area contributed by atoms with Gasteiger partial charge >= 0.3 is 0 Å². The van der Waals surface area contributed by atoms with Crippen LogP contribution in [-0.2, 0) is 22.2 Å². The van der Waals surface area contributed by atoms with Gasteiger partial charge in [0, 0.05) is 51.6 Å². The fourth-order valence-corrected chi connectivity index (χ4v) is 7.83. The number of hydrogen-bond donors (Lipinski definition) is 0. The molecule has 1 radical (unpaired) electrons. The molecule has 5 aromatic rings. The third-order valence-electron chi connectivity index (χ3n) is 11.3. The summed E-state index contributed by atoms with van der Waals surface area (Å²) in [5.74, 6) is 0.942. The van der Waals surface area contributed by atoms with E-state index >= 15 is 0 Å². The Bertz CT molecular complexity index is 1910. The fraction of sp³-hybridized carbons (Fsp3) is 0.439. The molecule has 4 nitrogen and oxygen atoms in total. The van der Waals surface area contributed by atoms with Crippen molar-refractivity contribution >= 4 is 23.3 Å². The molecule has 0 spiro atoms. The number of rotatable bonds is 25. The summed E-state index contributed by atoms with van der Waals surface area (Å²) in [5.41, 5.74) is 9.73. The van der Waals surface area contributed by atoms with Crippen molar-refractivity contribution in [3.8, 4) is 28.0 Å². The molecule has 0 N–H and O–H groups in total. The molecule has 0 aliphatic rings. The summed E-state index contributed by atoms with van der Waals surface area (Å²) in [6, 6.07) is 37.7. The molecule has 0 unspecified atom stereocenters. The van der Waals surface area contributed by atoms with Crippen LogP contribution in [-0.4, -0.2) is 23.5 Å². The van der Waals surface area contributed by atoms with E-state index in [1.807, 2.05) is 37.4 Å². The smallest absolute Gasteiger partial charge is 0.135 e. The zero-order valence-electron chi connectivity index (χ0n) is 38.8. The molecule has 1 heterocycles. The van der Waals surface area contributed by atoms with Gasteiger partial charge in [-0.2, -0.15) is 0 Å².